The summed E-state index contributed by atoms with van der Waals surface area (Å²) in [4.78, 5) is 8.75. The van der Waals surface area contributed by atoms with Crippen LogP contribution >= 0.6 is 12.2 Å². The molecular formula is C5H7N5S. The van der Waals surface area contributed by atoms with E-state index in [2.05, 4.69) is 20.6 Å². The van der Waals surface area contributed by atoms with Gasteiger partial charge in [0.15, 0.2) is 12.1 Å². The summed E-state index contributed by atoms with van der Waals surface area (Å²) in [6.45, 7) is 0. The zero-order valence-electron chi connectivity index (χ0n) is 5.61. The second-order valence-corrected chi connectivity index (χ2v) is 2.78. The predicted octanol–water partition coefficient (Wildman–Crippen LogP) is -1.44. The van der Waals surface area contributed by atoms with Crippen molar-refractivity contribution in [2.24, 2.45) is 15.7 Å². The van der Waals surface area contributed by atoms with Crippen LogP contribution in [0.4, 0.5) is 0 Å². The lowest BCUT2D eigenvalue weighted by Gasteiger charge is -2.22. The fraction of sp³-hybridized carbons (Fsp3) is 0.400. The van der Waals surface area contributed by atoms with Crippen LogP contribution in [0.3, 0.4) is 0 Å². The van der Waals surface area contributed by atoms with Crippen molar-refractivity contribution in [3.05, 3.63) is 0 Å². The van der Waals surface area contributed by atoms with E-state index in [0.29, 0.717) is 10.9 Å². The lowest BCUT2D eigenvalue weighted by atomic mass is 10.2. The quantitative estimate of drug-likeness (QED) is 0.388. The first-order valence-electron chi connectivity index (χ1n) is 3.19. The van der Waals surface area contributed by atoms with Gasteiger partial charge < -0.3 is 16.4 Å². The van der Waals surface area contributed by atoms with E-state index in [1.165, 1.54) is 0 Å². The summed E-state index contributed by atoms with van der Waals surface area (Å²) in [5.41, 5.74) is 5.44. The van der Waals surface area contributed by atoms with Crippen molar-refractivity contribution >= 4 is 29.5 Å². The highest BCUT2D eigenvalue weighted by molar-refractivity contribution is 7.80. The molecule has 5 nitrogen and oxygen atoms in total. The molecule has 0 amide bonds. The highest BCUT2D eigenvalue weighted by Crippen LogP contribution is 2.09. The molecular weight excluding hydrogens is 162 g/mol. The van der Waals surface area contributed by atoms with E-state index < -0.39 is 0 Å². The standard InChI is InChI=1S/C5H7N5S/c6-5-9-3-2(4(11)10-5)7-1-8-3/h1-3H,(H,7,8)(H3,6,9,10,11). The molecule has 2 unspecified atom stereocenters. The number of thiocarbonyl (C=S) groups is 1. The molecule has 0 radical (unpaired) electrons. The number of hydrogen-bond acceptors (Lipinski definition) is 5. The second-order valence-electron chi connectivity index (χ2n) is 2.34. The molecule has 0 saturated carbocycles. The van der Waals surface area contributed by atoms with Crippen LogP contribution in [0.2, 0.25) is 0 Å². The number of rotatable bonds is 0. The summed E-state index contributed by atoms with van der Waals surface area (Å²) in [7, 11) is 0. The number of nitrogens with zero attached hydrogens (tertiary/aromatic N) is 2. The van der Waals surface area contributed by atoms with Gasteiger partial charge in [-0.05, 0) is 0 Å². The van der Waals surface area contributed by atoms with Gasteiger partial charge in [-0.3, -0.25) is 4.99 Å². The minimum absolute atomic E-state index is 0.0719. The highest BCUT2D eigenvalue weighted by Gasteiger charge is 2.31. The molecule has 2 heterocycles. The minimum atomic E-state index is -0.0938. The third-order valence-electron chi connectivity index (χ3n) is 1.58. The van der Waals surface area contributed by atoms with Crippen molar-refractivity contribution < 1.29 is 0 Å². The molecule has 0 bridgehead atoms. The van der Waals surface area contributed by atoms with Crippen LogP contribution in [0.5, 0.6) is 0 Å². The van der Waals surface area contributed by atoms with Gasteiger partial charge in [0.1, 0.15) is 11.0 Å². The molecule has 0 fully saturated rings. The van der Waals surface area contributed by atoms with Gasteiger partial charge in [-0.2, -0.15) is 0 Å². The maximum absolute atomic E-state index is 5.44. The second kappa shape index (κ2) is 2.16. The molecule has 11 heavy (non-hydrogen) atoms. The van der Waals surface area contributed by atoms with Crippen LogP contribution in [0, 0.1) is 0 Å². The molecule has 0 aromatic rings. The third-order valence-corrected chi connectivity index (χ3v) is 1.92. The van der Waals surface area contributed by atoms with Crippen molar-refractivity contribution in [2.75, 3.05) is 0 Å². The number of hydrogen-bond donors (Lipinski definition) is 3. The molecule has 0 aromatic carbocycles. The summed E-state index contributed by atoms with van der Waals surface area (Å²) >= 11 is 4.99. The Kier molecular flexibility index (Phi) is 1.28. The summed E-state index contributed by atoms with van der Waals surface area (Å²) < 4.78 is 0. The number of aliphatic imine (C=N–C) groups is 2. The van der Waals surface area contributed by atoms with E-state index in [9.17, 15) is 0 Å². The Hall–Kier alpha value is -1.17. The molecule has 0 spiro atoms. The average Bonchev–Trinajstić information content (AvgIpc) is 2.34. The first-order valence-corrected chi connectivity index (χ1v) is 3.60. The first kappa shape index (κ1) is 6.53. The number of guanidine groups is 1. The van der Waals surface area contributed by atoms with Crippen molar-refractivity contribution in [1.82, 2.24) is 10.6 Å². The first-order chi connectivity index (χ1) is 5.27. The van der Waals surface area contributed by atoms with Crippen LogP contribution in [0.15, 0.2) is 9.98 Å². The molecule has 0 aromatic heterocycles. The third kappa shape index (κ3) is 0.949. The van der Waals surface area contributed by atoms with E-state index >= 15 is 0 Å². The molecule has 58 valence electrons. The predicted molar refractivity (Wildman–Crippen MR) is 46.6 cm³/mol. The molecule has 2 rings (SSSR count). The van der Waals surface area contributed by atoms with Crippen molar-refractivity contribution in [3.63, 3.8) is 0 Å². The fourth-order valence-electron chi connectivity index (χ4n) is 1.07. The zero-order valence-corrected chi connectivity index (χ0v) is 6.43. The van der Waals surface area contributed by atoms with Gasteiger partial charge in [-0.25, -0.2) is 4.99 Å². The van der Waals surface area contributed by atoms with E-state index in [0.717, 1.165) is 0 Å². The smallest absolute Gasteiger partial charge is 0.195 e. The lowest BCUT2D eigenvalue weighted by molar-refractivity contribution is 0.622. The molecule has 6 heteroatoms. The van der Waals surface area contributed by atoms with Gasteiger partial charge in [-0.1, -0.05) is 12.2 Å². The maximum Gasteiger partial charge on any atom is 0.195 e. The Balaban J connectivity index is 2.30. The van der Waals surface area contributed by atoms with Crippen molar-refractivity contribution in [2.45, 2.75) is 12.2 Å². The van der Waals surface area contributed by atoms with Crippen LogP contribution in [0.25, 0.3) is 0 Å². The van der Waals surface area contributed by atoms with Gasteiger partial charge >= 0.3 is 0 Å². The SMILES string of the molecule is NC1=NC2NC=NC2C(=S)N1. The fourth-order valence-corrected chi connectivity index (χ4v) is 1.37. The van der Waals surface area contributed by atoms with Gasteiger partial charge in [0.2, 0.25) is 0 Å². The van der Waals surface area contributed by atoms with Crippen molar-refractivity contribution in [1.29, 1.82) is 0 Å². The lowest BCUT2D eigenvalue weighted by Crippen LogP contribution is -2.52. The molecule has 2 atom stereocenters. The molecule has 0 saturated heterocycles. The highest BCUT2D eigenvalue weighted by atomic mass is 32.1. The Morgan fingerprint density at radius 3 is 3.27 bits per heavy atom. The van der Waals surface area contributed by atoms with Crippen molar-refractivity contribution in [3.8, 4) is 0 Å². The Labute approximate surface area is 68.8 Å². The van der Waals surface area contributed by atoms with Gasteiger partial charge in [-0.15, -0.1) is 0 Å². The Morgan fingerprint density at radius 1 is 1.64 bits per heavy atom. The van der Waals surface area contributed by atoms with Gasteiger partial charge in [0.05, 0.1) is 6.34 Å². The van der Waals surface area contributed by atoms with Crippen LogP contribution < -0.4 is 16.4 Å². The van der Waals surface area contributed by atoms with Crippen LogP contribution in [-0.4, -0.2) is 29.5 Å². The summed E-state index contributed by atoms with van der Waals surface area (Å²) in [5, 5.41) is 5.69. The Morgan fingerprint density at radius 2 is 2.45 bits per heavy atom. The van der Waals surface area contributed by atoms with E-state index in [1.807, 2.05) is 0 Å². The van der Waals surface area contributed by atoms with E-state index in [1.54, 1.807) is 6.34 Å². The normalized spacial score (nSPS) is 33.8. The zero-order chi connectivity index (χ0) is 7.84. The molecule has 2 aliphatic rings. The molecule has 2 aliphatic heterocycles. The van der Waals surface area contributed by atoms with Crippen LogP contribution in [0.1, 0.15) is 0 Å². The van der Waals surface area contributed by atoms with Gasteiger partial charge in [0.25, 0.3) is 0 Å². The number of nitrogens with one attached hydrogen (secondary N) is 2. The summed E-state index contributed by atoms with van der Waals surface area (Å²) in [6.07, 6.45) is 1.51. The maximum atomic E-state index is 5.44. The average molecular weight is 169 g/mol. The summed E-state index contributed by atoms with van der Waals surface area (Å²) in [6, 6.07) is -0.0719. The Bertz CT molecular complexity index is 258. The molecule has 4 N–H and O–H groups in total. The summed E-state index contributed by atoms with van der Waals surface area (Å²) in [5.74, 6) is 0.356. The minimum Gasteiger partial charge on any atom is -0.370 e. The number of nitrogens with two attached hydrogens (primary N) is 1. The van der Waals surface area contributed by atoms with E-state index in [4.69, 9.17) is 18.0 Å². The van der Waals surface area contributed by atoms with E-state index in [-0.39, 0.29) is 12.2 Å². The topological polar surface area (TPSA) is 74.8 Å². The number of fused-ring (bicyclic) bond motifs is 1. The monoisotopic (exact) mass is 169 g/mol. The van der Waals surface area contributed by atoms with Gasteiger partial charge in [0, 0.05) is 0 Å². The largest absolute Gasteiger partial charge is 0.370 e. The molecule has 0 aliphatic carbocycles. The van der Waals surface area contributed by atoms with Crippen LogP contribution in [-0.2, 0) is 0 Å².